The van der Waals surface area contributed by atoms with E-state index in [4.69, 9.17) is 9.26 Å². The summed E-state index contributed by atoms with van der Waals surface area (Å²) in [5.74, 6) is 0.595. The predicted molar refractivity (Wildman–Crippen MR) is 92.3 cm³/mol. The van der Waals surface area contributed by atoms with Crippen molar-refractivity contribution in [1.29, 1.82) is 0 Å². The van der Waals surface area contributed by atoms with Crippen LogP contribution in [0.1, 0.15) is 65.1 Å². The predicted octanol–water partition coefficient (Wildman–Crippen LogP) is 1.53. The van der Waals surface area contributed by atoms with Gasteiger partial charge in [0.05, 0.1) is 6.54 Å². The number of likely N-dealkylation sites (tertiary alicyclic amines) is 1. The van der Waals surface area contributed by atoms with Gasteiger partial charge in [-0.15, -0.1) is 0 Å². The first-order valence-corrected chi connectivity index (χ1v) is 8.81. The van der Waals surface area contributed by atoms with Gasteiger partial charge >= 0.3 is 6.09 Å². The van der Waals surface area contributed by atoms with Gasteiger partial charge in [-0.3, -0.25) is 4.79 Å². The van der Waals surface area contributed by atoms with E-state index in [1.54, 1.807) is 20.8 Å². The zero-order valence-electron chi connectivity index (χ0n) is 16.0. The minimum absolute atomic E-state index is 0.0918. The maximum absolute atomic E-state index is 12.3. The normalized spacial score (nSPS) is 20.5. The Morgan fingerprint density at radius 2 is 2.12 bits per heavy atom. The van der Waals surface area contributed by atoms with Gasteiger partial charge in [0.15, 0.2) is 11.4 Å². The van der Waals surface area contributed by atoms with Crippen LogP contribution in [-0.4, -0.2) is 57.4 Å². The van der Waals surface area contributed by atoms with Crippen LogP contribution < -0.4 is 5.32 Å². The molecule has 0 aliphatic carbocycles. The first-order valence-electron chi connectivity index (χ1n) is 8.81. The fraction of sp³-hybridized carbons (Fsp3) is 0.765. The standard InChI is InChI=1S/C17H28N4O5/c1-11(2)13-19-14(26-20-13)17(24)7-9-21(10-17)12(22)6-8-18-15(23)25-16(3,4)5/h11,24H,6-10H2,1-5H3,(H,18,23)/t17-/m1/s1. The van der Waals surface area contributed by atoms with Crippen LogP contribution in [-0.2, 0) is 15.1 Å². The van der Waals surface area contributed by atoms with Gasteiger partial charge in [-0.2, -0.15) is 4.98 Å². The zero-order chi connectivity index (χ0) is 19.5. The summed E-state index contributed by atoms with van der Waals surface area (Å²) in [6.07, 6.45) is -0.107. The summed E-state index contributed by atoms with van der Waals surface area (Å²) < 4.78 is 10.3. The Bertz CT molecular complexity index is 652. The van der Waals surface area contributed by atoms with E-state index in [2.05, 4.69) is 15.5 Å². The molecule has 1 aliphatic heterocycles. The lowest BCUT2D eigenvalue weighted by molar-refractivity contribution is -0.131. The summed E-state index contributed by atoms with van der Waals surface area (Å²) in [5, 5.41) is 17.2. The van der Waals surface area contributed by atoms with E-state index in [1.807, 2.05) is 13.8 Å². The maximum Gasteiger partial charge on any atom is 0.407 e. The molecule has 1 aliphatic rings. The molecule has 1 aromatic heterocycles. The molecule has 9 nitrogen and oxygen atoms in total. The molecule has 0 unspecified atom stereocenters. The van der Waals surface area contributed by atoms with E-state index >= 15 is 0 Å². The zero-order valence-corrected chi connectivity index (χ0v) is 16.0. The van der Waals surface area contributed by atoms with Gasteiger partial charge in [0, 0.05) is 31.8 Å². The molecule has 0 saturated carbocycles. The van der Waals surface area contributed by atoms with Crippen LogP contribution in [0.25, 0.3) is 0 Å². The van der Waals surface area contributed by atoms with Crippen molar-refractivity contribution >= 4 is 12.0 Å². The molecule has 2 N–H and O–H groups in total. The molecule has 1 fully saturated rings. The molecule has 1 aromatic rings. The number of aliphatic hydroxyl groups is 1. The smallest absolute Gasteiger partial charge is 0.407 e. The third kappa shape index (κ3) is 5.17. The minimum atomic E-state index is -1.33. The summed E-state index contributed by atoms with van der Waals surface area (Å²) in [6.45, 7) is 9.82. The molecule has 0 radical (unpaired) electrons. The van der Waals surface area contributed by atoms with Crippen molar-refractivity contribution in [2.24, 2.45) is 0 Å². The summed E-state index contributed by atoms with van der Waals surface area (Å²) in [7, 11) is 0. The maximum atomic E-state index is 12.3. The van der Waals surface area contributed by atoms with Crippen molar-refractivity contribution in [1.82, 2.24) is 20.4 Å². The number of rotatable bonds is 5. The SMILES string of the molecule is CC(C)c1noc([C@@]2(O)CCN(C(=O)CCNC(=O)OC(C)(C)C)C2)n1. The number of β-amino-alcohol motifs (C(OH)–C–C–N with tert-alkyl or cyclic N) is 1. The highest BCUT2D eigenvalue weighted by Gasteiger charge is 2.44. The Balaban J connectivity index is 1.83. The highest BCUT2D eigenvalue weighted by molar-refractivity contribution is 5.77. The average molecular weight is 368 g/mol. The van der Waals surface area contributed by atoms with Crippen molar-refractivity contribution < 1.29 is 24.0 Å². The van der Waals surface area contributed by atoms with Gasteiger partial charge in [0.2, 0.25) is 5.91 Å². The molecule has 2 heterocycles. The number of nitrogens with zero attached hydrogens (tertiary/aromatic N) is 3. The molecule has 1 saturated heterocycles. The highest BCUT2D eigenvalue weighted by atomic mass is 16.6. The Kier molecular flexibility index (Phi) is 5.90. The third-order valence-electron chi connectivity index (χ3n) is 3.96. The number of carbonyl (C=O) groups excluding carboxylic acids is 2. The molecule has 2 rings (SSSR count). The van der Waals surface area contributed by atoms with E-state index in [-0.39, 0.29) is 37.2 Å². The molecular weight excluding hydrogens is 340 g/mol. The van der Waals surface area contributed by atoms with Gasteiger partial charge in [0.1, 0.15) is 5.60 Å². The summed E-state index contributed by atoms with van der Waals surface area (Å²) in [4.78, 5) is 29.7. The number of hydrogen-bond acceptors (Lipinski definition) is 7. The van der Waals surface area contributed by atoms with E-state index in [1.165, 1.54) is 4.90 Å². The fourth-order valence-electron chi connectivity index (χ4n) is 2.58. The Morgan fingerprint density at radius 3 is 2.69 bits per heavy atom. The lowest BCUT2D eigenvalue weighted by Gasteiger charge is -2.21. The van der Waals surface area contributed by atoms with Crippen molar-refractivity contribution in [3.63, 3.8) is 0 Å². The minimum Gasteiger partial charge on any atom is -0.444 e. The monoisotopic (exact) mass is 368 g/mol. The Labute approximate surface area is 153 Å². The number of ether oxygens (including phenoxy) is 1. The number of carbonyl (C=O) groups is 2. The second-order valence-electron chi connectivity index (χ2n) is 7.89. The lowest BCUT2D eigenvalue weighted by Crippen LogP contribution is -2.37. The third-order valence-corrected chi connectivity index (χ3v) is 3.96. The van der Waals surface area contributed by atoms with Crippen LogP contribution in [0.3, 0.4) is 0 Å². The molecule has 26 heavy (non-hydrogen) atoms. The van der Waals surface area contributed by atoms with Gasteiger partial charge < -0.3 is 24.6 Å². The summed E-state index contributed by atoms with van der Waals surface area (Å²) >= 11 is 0. The van der Waals surface area contributed by atoms with E-state index in [0.29, 0.717) is 18.8 Å². The topological polar surface area (TPSA) is 118 Å². The van der Waals surface area contributed by atoms with Crippen LogP contribution in [0.15, 0.2) is 4.52 Å². The fourth-order valence-corrected chi connectivity index (χ4v) is 2.58. The number of amides is 2. The van der Waals surface area contributed by atoms with Gasteiger partial charge in [-0.1, -0.05) is 19.0 Å². The van der Waals surface area contributed by atoms with Gasteiger partial charge in [-0.05, 0) is 20.8 Å². The van der Waals surface area contributed by atoms with Crippen molar-refractivity contribution in [3.05, 3.63) is 11.7 Å². The van der Waals surface area contributed by atoms with E-state index < -0.39 is 17.3 Å². The first-order chi connectivity index (χ1) is 12.0. The van der Waals surface area contributed by atoms with Crippen LogP contribution in [0.2, 0.25) is 0 Å². The molecule has 0 bridgehead atoms. The highest BCUT2D eigenvalue weighted by Crippen LogP contribution is 2.31. The second-order valence-corrected chi connectivity index (χ2v) is 7.89. The summed E-state index contributed by atoms with van der Waals surface area (Å²) in [6, 6.07) is 0. The van der Waals surface area contributed by atoms with Crippen LogP contribution in [0.5, 0.6) is 0 Å². The van der Waals surface area contributed by atoms with Crippen molar-refractivity contribution in [3.8, 4) is 0 Å². The lowest BCUT2D eigenvalue weighted by atomic mass is 10.0. The van der Waals surface area contributed by atoms with Crippen molar-refractivity contribution in [2.45, 2.75) is 64.6 Å². The van der Waals surface area contributed by atoms with Gasteiger partial charge in [0.25, 0.3) is 5.89 Å². The number of hydrogen-bond donors (Lipinski definition) is 2. The molecule has 0 aromatic carbocycles. The molecule has 146 valence electrons. The largest absolute Gasteiger partial charge is 0.444 e. The second kappa shape index (κ2) is 7.61. The quantitative estimate of drug-likeness (QED) is 0.809. The van der Waals surface area contributed by atoms with Gasteiger partial charge in [-0.25, -0.2) is 4.79 Å². The molecule has 2 amide bonds. The number of nitrogens with one attached hydrogen (secondary N) is 1. The Morgan fingerprint density at radius 1 is 1.42 bits per heavy atom. The van der Waals surface area contributed by atoms with Crippen LogP contribution in [0, 0.1) is 0 Å². The van der Waals surface area contributed by atoms with E-state index in [9.17, 15) is 14.7 Å². The van der Waals surface area contributed by atoms with Crippen LogP contribution in [0.4, 0.5) is 4.79 Å². The molecule has 0 spiro atoms. The molecular formula is C17H28N4O5. The molecule has 9 heteroatoms. The molecule has 1 atom stereocenters. The summed E-state index contributed by atoms with van der Waals surface area (Å²) in [5.41, 5.74) is -1.91. The van der Waals surface area contributed by atoms with E-state index in [0.717, 1.165) is 0 Å². The number of alkyl carbamates (subject to hydrolysis) is 1. The average Bonchev–Trinajstić information content (AvgIpc) is 3.13. The first kappa shape index (κ1) is 20.2. The Hall–Kier alpha value is -2.16. The number of aromatic nitrogens is 2. The van der Waals surface area contributed by atoms with Crippen LogP contribution >= 0.6 is 0 Å². The van der Waals surface area contributed by atoms with Crippen molar-refractivity contribution in [2.75, 3.05) is 19.6 Å².